The number of rotatable bonds is 3. The van der Waals surface area contributed by atoms with E-state index in [1.807, 2.05) is 30.1 Å². The van der Waals surface area contributed by atoms with Gasteiger partial charge in [0.1, 0.15) is 5.15 Å². The maximum atomic E-state index is 5.93. The molecule has 0 atom stereocenters. The zero-order valence-electron chi connectivity index (χ0n) is 9.73. The zero-order valence-corrected chi connectivity index (χ0v) is 10.5. The van der Waals surface area contributed by atoms with Gasteiger partial charge in [0.05, 0.1) is 11.9 Å². The van der Waals surface area contributed by atoms with Crippen LogP contribution in [-0.2, 0) is 13.5 Å². The van der Waals surface area contributed by atoms with Crippen LogP contribution in [0, 0.1) is 5.92 Å². The molecule has 1 aliphatic carbocycles. The van der Waals surface area contributed by atoms with Gasteiger partial charge in [-0.15, -0.1) is 0 Å². The standard InChI is InChI=1S/C13H14ClN3/c1-17-12(7-9-5-6-9)10(8-15-17)11-3-2-4-13(14)16-11/h2-4,8-9H,5-7H2,1H3. The van der Waals surface area contributed by atoms with E-state index in [1.165, 1.54) is 18.5 Å². The molecule has 0 unspecified atom stereocenters. The van der Waals surface area contributed by atoms with E-state index in [-0.39, 0.29) is 0 Å². The molecule has 0 amide bonds. The van der Waals surface area contributed by atoms with E-state index >= 15 is 0 Å². The fourth-order valence-electron chi connectivity index (χ4n) is 2.07. The van der Waals surface area contributed by atoms with Crippen LogP contribution in [0.3, 0.4) is 0 Å². The molecule has 0 aliphatic heterocycles. The fourth-order valence-corrected chi connectivity index (χ4v) is 2.24. The average Bonchev–Trinajstić information content (AvgIpc) is 3.04. The summed E-state index contributed by atoms with van der Waals surface area (Å²) in [6.07, 6.45) is 5.66. The van der Waals surface area contributed by atoms with E-state index in [9.17, 15) is 0 Å². The first-order valence-electron chi connectivity index (χ1n) is 5.88. The highest BCUT2D eigenvalue weighted by Crippen LogP contribution is 2.35. The number of hydrogen-bond acceptors (Lipinski definition) is 2. The average molecular weight is 248 g/mol. The normalized spacial score (nSPS) is 15.2. The molecule has 3 nitrogen and oxygen atoms in total. The number of nitrogens with zero attached hydrogens (tertiary/aromatic N) is 3. The Balaban J connectivity index is 2.01. The van der Waals surface area contributed by atoms with Crippen LogP contribution in [0.4, 0.5) is 0 Å². The summed E-state index contributed by atoms with van der Waals surface area (Å²) in [6.45, 7) is 0. The maximum Gasteiger partial charge on any atom is 0.129 e. The molecule has 2 aromatic rings. The van der Waals surface area contributed by atoms with Crippen molar-refractivity contribution < 1.29 is 0 Å². The van der Waals surface area contributed by atoms with Crippen molar-refractivity contribution in [3.05, 3.63) is 35.2 Å². The Morgan fingerprint density at radius 1 is 1.41 bits per heavy atom. The molecule has 3 rings (SSSR count). The van der Waals surface area contributed by atoms with Crippen LogP contribution in [0.1, 0.15) is 18.5 Å². The van der Waals surface area contributed by atoms with E-state index in [2.05, 4.69) is 10.1 Å². The molecule has 1 saturated carbocycles. The van der Waals surface area contributed by atoms with Crippen LogP contribution in [0.15, 0.2) is 24.4 Å². The molecule has 0 radical (unpaired) electrons. The summed E-state index contributed by atoms with van der Waals surface area (Å²) in [5, 5.41) is 4.87. The lowest BCUT2D eigenvalue weighted by Gasteiger charge is -2.05. The minimum Gasteiger partial charge on any atom is -0.272 e. The Labute approximate surface area is 105 Å². The molecule has 2 heterocycles. The third-order valence-electron chi connectivity index (χ3n) is 3.23. The lowest BCUT2D eigenvalue weighted by Crippen LogP contribution is -2.01. The molecule has 0 N–H and O–H groups in total. The first-order chi connectivity index (χ1) is 8.24. The quantitative estimate of drug-likeness (QED) is 0.781. The van der Waals surface area contributed by atoms with Gasteiger partial charge in [-0.05, 0) is 37.3 Å². The van der Waals surface area contributed by atoms with Gasteiger partial charge in [-0.25, -0.2) is 4.98 Å². The van der Waals surface area contributed by atoms with E-state index in [0.29, 0.717) is 5.15 Å². The van der Waals surface area contributed by atoms with Gasteiger partial charge in [0, 0.05) is 18.3 Å². The molecule has 4 heteroatoms. The van der Waals surface area contributed by atoms with E-state index < -0.39 is 0 Å². The monoisotopic (exact) mass is 247 g/mol. The van der Waals surface area contributed by atoms with E-state index in [4.69, 9.17) is 11.6 Å². The third-order valence-corrected chi connectivity index (χ3v) is 3.44. The molecular formula is C13H14ClN3. The number of halogens is 1. The Bertz CT molecular complexity index is 543. The molecule has 1 aliphatic rings. The van der Waals surface area contributed by atoms with Gasteiger partial charge in [0.15, 0.2) is 0 Å². The molecule has 88 valence electrons. The largest absolute Gasteiger partial charge is 0.272 e. The van der Waals surface area contributed by atoms with Crippen molar-refractivity contribution in [1.82, 2.24) is 14.8 Å². The highest BCUT2D eigenvalue weighted by atomic mass is 35.5. The van der Waals surface area contributed by atoms with Gasteiger partial charge in [-0.1, -0.05) is 17.7 Å². The summed E-state index contributed by atoms with van der Waals surface area (Å²) >= 11 is 5.93. The minimum atomic E-state index is 0.531. The van der Waals surface area contributed by atoms with Gasteiger partial charge in [-0.2, -0.15) is 5.10 Å². The van der Waals surface area contributed by atoms with Crippen molar-refractivity contribution in [1.29, 1.82) is 0 Å². The first kappa shape index (κ1) is 10.8. The van der Waals surface area contributed by atoms with Gasteiger partial charge >= 0.3 is 0 Å². The molecule has 0 saturated heterocycles. The predicted molar refractivity (Wildman–Crippen MR) is 67.9 cm³/mol. The summed E-state index contributed by atoms with van der Waals surface area (Å²) in [5.74, 6) is 0.836. The number of pyridine rings is 1. The topological polar surface area (TPSA) is 30.7 Å². The van der Waals surface area contributed by atoms with Crippen molar-refractivity contribution in [3.8, 4) is 11.3 Å². The van der Waals surface area contributed by atoms with Crippen LogP contribution in [0.2, 0.25) is 5.15 Å². The lowest BCUT2D eigenvalue weighted by molar-refractivity contribution is 0.677. The number of hydrogen-bond donors (Lipinski definition) is 0. The van der Waals surface area contributed by atoms with Crippen molar-refractivity contribution in [3.63, 3.8) is 0 Å². The number of aryl methyl sites for hydroxylation is 1. The van der Waals surface area contributed by atoms with Crippen LogP contribution in [0.25, 0.3) is 11.3 Å². The first-order valence-corrected chi connectivity index (χ1v) is 6.25. The highest BCUT2D eigenvalue weighted by molar-refractivity contribution is 6.29. The van der Waals surface area contributed by atoms with Gasteiger partial charge in [0.25, 0.3) is 0 Å². The second-order valence-electron chi connectivity index (χ2n) is 4.62. The van der Waals surface area contributed by atoms with Gasteiger partial charge in [0.2, 0.25) is 0 Å². The molecule has 0 spiro atoms. The summed E-state index contributed by atoms with van der Waals surface area (Å²) in [5.41, 5.74) is 3.30. The smallest absolute Gasteiger partial charge is 0.129 e. The van der Waals surface area contributed by atoms with Gasteiger partial charge < -0.3 is 0 Å². The Kier molecular flexibility index (Phi) is 2.63. The minimum absolute atomic E-state index is 0.531. The lowest BCUT2D eigenvalue weighted by atomic mass is 10.1. The SMILES string of the molecule is Cn1ncc(-c2cccc(Cl)n2)c1CC1CC1. The van der Waals surface area contributed by atoms with E-state index in [0.717, 1.165) is 23.6 Å². The molecule has 17 heavy (non-hydrogen) atoms. The van der Waals surface area contributed by atoms with Crippen molar-refractivity contribution in [2.75, 3.05) is 0 Å². The zero-order chi connectivity index (χ0) is 11.8. The van der Waals surface area contributed by atoms with Crippen molar-refractivity contribution in [2.45, 2.75) is 19.3 Å². The van der Waals surface area contributed by atoms with Crippen molar-refractivity contribution in [2.24, 2.45) is 13.0 Å². The second-order valence-corrected chi connectivity index (χ2v) is 5.01. The van der Waals surface area contributed by atoms with Crippen molar-refractivity contribution >= 4 is 11.6 Å². The third kappa shape index (κ3) is 2.20. The Morgan fingerprint density at radius 3 is 2.94 bits per heavy atom. The molecule has 0 bridgehead atoms. The highest BCUT2D eigenvalue weighted by Gasteiger charge is 2.25. The maximum absolute atomic E-state index is 5.93. The number of aromatic nitrogens is 3. The molecule has 1 fully saturated rings. The Morgan fingerprint density at radius 2 is 2.24 bits per heavy atom. The van der Waals surface area contributed by atoms with Crippen LogP contribution >= 0.6 is 11.6 Å². The summed E-state index contributed by atoms with van der Waals surface area (Å²) in [4.78, 5) is 4.36. The van der Waals surface area contributed by atoms with Crippen LogP contribution in [0.5, 0.6) is 0 Å². The summed E-state index contributed by atoms with van der Waals surface area (Å²) < 4.78 is 1.95. The molecule has 2 aromatic heterocycles. The molecular weight excluding hydrogens is 234 g/mol. The van der Waals surface area contributed by atoms with Crippen LogP contribution in [-0.4, -0.2) is 14.8 Å². The summed E-state index contributed by atoms with van der Waals surface area (Å²) in [7, 11) is 1.99. The molecule has 0 aromatic carbocycles. The predicted octanol–water partition coefficient (Wildman–Crippen LogP) is 3.09. The second kappa shape index (κ2) is 4.15. The van der Waals surface area contributed by atoms with Gasteiger partial charge in [-0.3, -0.25) is 4.68 Å². The van der Waals surface area contributed by atoms with E-state index in [1.54, 1.807) is 6.07 Å². The fraction of sp³-hybridized carbons (Fsp3) is 0.385. The summed E-state index contributed by atoms with van der Waals surface area (Å²) in [6, 6.07) is 5.71. The van der Waals surface area contributed by atoms with Crippen LogP contribution < -0.4 is 0 Å². The Hall–Kier alpha value is -1.35.